The molecule has 4 N–H and O–H groups in total. The van der Waals surface area contributed by atoms with Crippen molar-refractivity contribution in [3.05, 3.63) is 59.9 Å². The molecule has 3 aromatic rings. The monoisotopic (exact) mass is 407 g/mol. The average Bonchev–Trinajstić information content (AvgIpc) is 3.23. The third kappa shape index (κ3) is 5.96. The minimum absolute atomic E-state index is 0.347. The maximum atomic E-state index is 11.8. The van der Waals surface area contributed by atoms with Crippen LogP contribution in [0.2, 0.25) is 0 Å². The van der Waals surface area contributed by atoms with E-state index in [2.05, 4.69) is 37.8 Å². The molecule has 0 atom stereocenters. The van der Waals surface area contributed by atoms with Gasteiger partial charge < -0.3 is 25.7 Å². The number of benzene rings is 1. The zero-order chi connectivity index (χ0) is 20.5. The Morgan fingerprint density at radius 3 is 2.93 bits per heavy atom. The van der Waals surface area contributed by atoms with Crippen LogP contribution in [0.4, 0.5) is 0 Å². The van der Waals surface area contributed by atoms with Crippen LogP contribution in [0, 0.1) is 11.8 Å². The lowest BCUT2D eigenvalue weighted by Gasteiger charge is -2.11. The van der Waals surface area contributed by atoms with Gasteiger partial charge in [-0.1, -0.05) is 12.0 Å². The summed E-state index contributed by atoms with van der Waals surface area (Å²) in [6.07, 6.45) is 3.62. The molecular weight excluding hydrogens is 386 g/mol. The van der Waals surface area contributed by atoms with Gasteiger partial charge in [-0.05, 0) is 48.1 Å². The predicted molar refractivity (Wildman–Crippen MR) is 116 cm³/mol. The highest BCUT2D eigenvalue weighted by Crippen LogP contribution is 2.14. The fourth-order valence-corrected chi connectivity index (χ4v) is 2.81. The summed E-state index contributed by atoms with van der Waals surface area (Å²) < 4.78 is 5.13. The number of carbonyl (C=O) groups is 1. The van der Waals surface area contributed by atoms with Gasteiger partial charge in [-0.2, -0.15) is 0 Å². The molecule has 0 saturated carbocycles. The van der Waals surface area contributed by atoms with Crippen molar-refractivity contribution in [3.63, 3.8) is 0 Å². The van der Waals surface area contributed by atoms with E-state index in [-0.39, 0.29) is 5.91 Å². The lowest BCUT2D eigenvalue weighted by molar-refractivity contribution is -0.115. The largest absolute Gasteiger partial charge is 0.497 e. The van der Waals surface area contributed by atoms with E-state index in [0.717, 1.165) is 22.2 Å². The number of H-pyrrole nitrogens is 1. The second-order valence-corrected chi connectivity index (χ2v) is 6.47. The molecule has 0 aliphatic heterocycles. The number of nitrogens with one attached hydrogen (secondary N) is 4. The first kappa shape index (κ1) is 20.2. The van der Waals surface area contributed by atoms with Crippen LogP contribution in [0.5, 0.6) is 5.75 Å². The van der Waals surface area contributed by atoms with Crippen molar-refractivity contribution in [1.82, 2.24) is 25.9 Å². The fourth-order valence-electron chi connectivity index (χ4n) is 2.64. The van der Waals surface area contributed by atoms with Crippen LogP contribution in [-0.4, -0.2) is 41.2 Å². The summed E-state index contributed by atoms with van der Waals surface area (Å²) in [6.45, 7) is 1.49. The third-order valence-electron chi connectivity index (χ3n) is 4.08. The van der Waals surface area contributed by atoms with E-state index >= 15 is 0 Å². The number of methoxy groups -OCH3 is 1. The van der Waals surface area contributed by atoms with Crippen molar-refractivity contribution in [2.75, 3.05) is 20.2 Å². The Kier molecular flexibility index (Phi) is 7.03. The summed E-state index contributed by atoms with van der Waals surface area (Å²) in [7, 11) is 1.59. The van der Waals surface area contributed by atoms with Gasteiger partial charge in [0.2, 0.25) is 0 Å². The third-order valence-corrected chi connectivity index (χ3v) is 4.36. The fraction of sp³-hybridized carbons (Fsp3) is 0.190. The minimum Gasteiger partial charge on any atom is -0.497 e. The number of hydrogen-bond donors (Lipinski definition) is 4. The van der Waals surface area contributed by atoms with Gasteiger partial charge in [-0.25, -0.2) is 4.98 Å². The predicted octanol–water partition coefficient (Wildman–Crippen LogP) is 1.70. The maximum Gasteiger partial charge on any atom is 0.296 e. The summed E-state index contributed by atoms with van der Waals surface area (Å²) in [4.78, 5) is 19.2. The lowest BCUT2D eigenvalue weighted by Crippen LogP contribution is -2.39. The van der Waals surface area contributed by atoms with Gasteiger partial charge in [0.25, 0.3) is 5.91 Å². The Balaban J connectivity index is 1.37. The van der Waals surface area contributed by atoms with Crippen LogP contribution >= 0.6 is 12.2 Å². The average molecular weight is 407 g/mol. The van der Waals surface area contributed by atoms with Crippen molar-refractivity contribution in [1.29, 1.82) is 0 Å². The topological polar surface area (TPSA) is 91.1 Å². The van der Waals surface area contributed by atoms with Crippen LogP contribution in [0.15, 0.2) is 48.8 Å². The number of aromatic nitrogens is 2. The Morgan fingerprint density at radius 2 is 2.07 bits per heavy atom. The quantitative estimate of drug-likeness (QED) is 0.283. The number of fused-ring (bicyclic) bond motifs is 1. The van der Waals surface area contributed by atoms with Gasteiger partial charge >= 0.3 is 0 Å². The molecule has 7 nitrogen and oxygen atoms in total. The van der Waals surface area contributed by atoms with Crippen LogP contribution in [0.3, 0.4) is 0 Å². The normalized spacial score (nSPS) is 9.97. The van der Waals surface area contributed by atoms with E-state index in [1.165, 1.54) is 0 Å². The van der Waals surface area contributed by atoms with Gasteiger partial charge in [-0.3, -0.25) is 4.79 Å². The van der Waals surface area contributed by atoms with Crippen LogP contribution in [-0.2, 0) is 11.3 Å². The summed E-state index contributed by atoms with van der Waals surface area (Å²) in [5.41, 5.74) is 2.66. The number of ether oxygens (including phenoxy) is 1. The first-order valence-electron chi connectivity index (χ1n) is 9.02. The number of aromatic amines is 1. The first-order valence-corrected chi connectivity index (χ1v) is 9.43. The number of hydrogen-bond acceptors (Lipinski definition) is 4. The molecule has 0 spiro atoms. The van der Waals surface area contributed by atoms with Crippen molar-refractivity contribution < 1.29 is 9.53 Å². The molecule has 0 bridgehead atoms. The summed E-state index contributed by atoms with van der Waals surface area (Å²) in [5, 5.41) is 10.5. The van der Waals surface area contributed by atoms with Gasteiger partial charge in [-0.15, -0.1) is 0 Å². The molecule has 0 aliphatic carbocycles. The molecular formula is C21H21N5O2S. The second kappa shape index (κ2) is 10.1. The number of thiocarbonyl (C=S) groups is 1. The standard InChI is InChI=1S/C21H21N5O2S/c1-28-17-4-2-3-15(13-17)5-6-19(27)22-11-12-25-21(29)26-14-16-7-9-23-20-18(16)8-10-24-20/h2-4,7-10,13H,11-12,14H2,1H3,(H,22,27)(H,23,24)(H2,25,26,29). The van der Waals surface area contributed by atoms with E-state index in [1.54, 1.807) is 19.4 Å². The van der Waals surface area contributed by atoms with Gasteiger partial charge in [0, 0.05) is 48.9 Å². The highest BCUT2D eigenvalue weighted by Gasteiger charge is 2.03. The molecule has 0 unspecified atom stereocenters. The molecule has 3 rings (SSSR count). The number of amides is 1. The van der Waals surface area contributed by atoms with Crippen LogP contribution in [0.25, 0.3) is 11.0 Å². The molecule has 8 heteroatoms. The first-order chi connectivity index (χ1) is 14.2. The highest BCUT2D eigenvalue weighted by molar-refractivity contribution is 7.80. The molecule has 2 aromatic heterocycles. The van der Waals surface area contributed by atoms with E-state index < -0.39 is 0 Å². The molecule has 29 heavy (non-hydrogen) atoms. The Morgan fingerprint density at radius 1 is 1.21 bits per heavy atom. The molecule has 0 saturated heterocycles. The zero-order valence-electron chi connectivity index (χ0n) is 15.9. The van der Waals surface area contributed by atoms with E-state index in [9.17, 15) is 4.79 Å². The number of pyridine rings is 1. The Bertz CT molecular complexity index is 1070. The molecule has 0 radical (unpaired) electrons. The van der Waals surface area contributed by atoms with Crippen molar-refractivity contribution in [3.8, 4) is 17.6 Å². The van der Waals surface area contributed by atoms with Crippen LogP contribution in [0.1, 0.15) is 11.1 Å². The van der Waals surface area contributed by atoms with Gasteiger partial charge in [0.05, 0.1) is 7.11 Å². The highest BCUT2D eigenvalue weighted by atomic mass is 32.1. The summed E-state index contributed by atoms with van der Waals surface area (Å²) in [6, 6.07) is 11.2. The van der Waals surface area contributed by atoms with E-state index in [4.69, 9.17) is 17.0 Å². The molecule has 1 aromatic carbocycles. The van der Waals surface area contributed by atoms with Crippen molar-refractivity contribution >= 4 is 34.3 Å². The molecule has 0 aliphatic rings. The van der Waals surface area contributed by atoms with E-state index in [1.807, 2.05) is 36.5 Å². The molecule has 0 fully saturated rings. The Hall–Kier alpha value is -3.57. The summed E-state index contributed by atoms with van der Waals surface area (Å²) in [5.74, 6) is 5.72. The molecule has 2 heterocycles. The van der Waals surface area contributed by atoms with E-state index in [0.29, 0.717) is 30.5 Å². The van der Waals surface area contributed by atoms with Gasteiger partial charge in [0.1, 0.15) is 11.4 Å². The van der Waals surface area contributed by atoms with Crippen LogP contribution < -0.4 is 20.7 Å². The maximum absolute atomic E-state index is 11.8. The minimum atomic E-state index is -0.347. The Labute approximate surface area is 174 Å². The summed E-state index contributed by atoms with van der Waals surface area (Å²) >= 11 is 5.27. The smallest absolute Gasteiger partial charge is 0.296 e. The number of carbonyl (C=O) groups excluding carboxylic acids is 1. The van der Waals surface area contributed by atoms with Crippen molar-refractivity contribution in [2.45, 2.75) is 6.54 Å². The SMILES string of the molecule is COc1cccc(C#CC(=O)NCCNC(=S)NCc2ccnc3[nH]ccc23)c1. The zero-order valence-corrected chi connectivity index (χ0v) is 16.7. The van der Waals surface area contributed by atoms with Crippen molar-refractivity contribution in [2.24, 2.45) is 0 Å². The number of rotatable bonds is 6. The van der Waals surface area contributed by atoms with Gasteiger partial charge in [0.15, 0.2) is 5.11 Å². The molecule has 148 valence electrons. The second-order valence-electron chi connectivity index (χ2n) is 6.06. The molecule has 1 amide bonds. The lowest BCUT2D eigenvalue weighted by atomic mass is 10.2. The number of nitrogens with zero attached hydrogens (tertiary/aromatic N) is 1.